The van der Waals surface area contributed by atoms with Crippen LogP contribution in [0.25, 0.3) is 5.52 Å². The summed E-state index contributed by atoms with van der Waals surface area (Å²) >= 11 is 0. The van der Waals surface area contributed by atoms with E-state index in [4.69, 9.17) is 5.73 Å². The van der Waals surface area contributed by atoms with Crippen LogP contribution in [0.1, 0.15) is 45.8 Å². The van der Waals surface area contributed by atoms with Crippen molar-refractivity contribution in [2.75, 3.05) is 6.54 Å². The lowest BCUT2D eigenvalue weighted by atomic mass is 9.99. The van der Waals surface area contributed by atoms with Crippen molar-refractivity contribution < 1.29 is 14.3 Å². The number of halogens is 2. The number of carboxylic acid groups (broad SMARTS) is 1. The van der Waals surface area contributed by atoms with E-state index in [9.17, 15) is 19.1 Å². The highest BCUT2D eigenvalue weighted by atomic mass is 35.5. The quantitative estimate of drug-likeness (QED) is 0.894. The number of aromatic nitrogens is 1. The molecule has 1 aliphatic rings. The molecule has 7 heteroatoms. The van der Waals surface area contributed by atoms with Crippen LogP contribution < -0.4 is 11.3 Å². The first-order chi connectivity index (χ1) is 10.5. The zero-order valence-corrected chi connectivity index (χ0v) is 13.5. The molecule has 0 radical (unpaired) electrons. The molecular weight excluding hydrogens is 323 g/mol. The number of aromatic carboxylic acids is 1. The fourth-order valence-electron chi connectivity index (χ4n) is 3.00. The van der Waals surface area contributed by atoms with E-state index in [-0.39, 0.29) is 23.9 Å². The average molecular weight is 341 g/mol. The summed E-state index contributed by atoms with van der Waals surface area (Å²) in [7, 11) is 0. The zero-order chi connectivity index (χ0) is 16.0. The predicted octanol–water partition coefficient (Wildman–Crippen LogP) is 2.25. The minimum atomic E-state index is -1.29. The Morgan fingerprint density at radius 1 is 1.48 bits per heavy atom. The molecule has 0 spiro atoms. The van der Waals surface area contributed by atoms with Crippen molar-refractivity contribution in [1.29, 1.82) is 0 Å². The highest BCUT2D eigenvalue weighted by Gasteiger charge is 2.29. The largest absolute Gasteiger partial charge is 0.477 e. The number of fused-ring (bicyclic) bond motifs is 1. The molecule has 0 saturated heterocycles. The highest BCUT2D eigenvalue weighted by Crippen LogP contribution is 2.43. The lowest BCUT2D eigenvalue weighted by molar-refractivity contribution is 0.0694. The molecule has 0 bridgehead atoms. The van der Waals surface area contributed by atoms with E-state index in [1.165, 1.54) is 6.07 Å². The van der Waals surface area contributed by atoms with Crippen molar-refractivity contribution in [3.05, 3.63) is 50.7 Å². The molecule has 3 rings (SSSR count). The van der Waals surface area contributed by atoms with Crippen LogP contribution in [0.3, 0.4) is 0 Å². The molecule has 0 aliphatic heterocycles. The molecule has 1 fully saturated rings. The molecule has 0 atom stereocenters. The first-order valence-electron chi connectivity index (χ1n) is 7.26. The summed E-state index contributed by atoms with van der Waals surface area (Å²) in [6.45, 7) is 2.07. The van der Waals surface area contributed by atoms with Crippen molar-refractivity contribution in [2.24, 2.45) is 5.73 Å². The molecule has 1 aliphatic carbocycles. The molecule has 1 saturated carbocycles. The molecule has 0 amide bonds. The smallest absolute Gasteiger partial charge is 0.341 e. The van der Waals surface area contributed by atoms with Crippen LogP contribution in [0.5, 0.6) is 0 Å². The van der Waals surface area contributed by atoms with Crippen LogP contribution in [0.4, 0.5) is 4.39 Å². The Balaban J connectivity index is 0.00000192. The molecule has 3 N–H and O–H groups in total. The fraction of sp³-hybridized carbons (Fsp3) is 0.375. The van der Waals surface area contributed by atoms with E-state index in [0.29, 0.717) is 29.6 Å². The van der Waals surface area contributed by atoms with Crippen molar-refractivity contribution in [1.82, 2.24) is 4.40 Å². The summed E-state index contributed by atoms with van der Waals surface area (Å²) in [5, 5.41) is 9.21. The number of nitrogens with two attached hydrogens (primary N) is 1. The Bertz CT molecular complexity index is 844. The van der Waals surface area contributed by atoms with Gasteiger partial charge >= 0.3 is 5.97 Å². The van der Waals surface area contributed by atoms with Crippen LogP contribution >= 0.6 is 12.4 Å². The monoisotopic (exact) mass is 340 g/mol. The second-order valence-corrected chi connectivity index (χ2v) is 5.74. The number of carbonyl (C=O) groups is 1. The fourth-order valence-corrected chi connectivity index (χ4v) is 3.00. The van der Waals surface area contributed by atoms with E-state index in [0.717, 1.165) is 29.0 Å². The summed E-state index contributed by atoms with van der Waals surface area (Å²) < 4.78 is 15.4. The molecule has 2 heterocycles. The average Bonchev–Trinajstić information content (AvgIpc) is 3.28. The van der Waals surface area contributed by atoms with Gasteiger partial charge in [-0.3, -0.25) is 9.20 Å². The van der Waals surface area contributed by atoms with Crippen LogP contribution in [0, 0.1) is 12.7 Å². The van der Waals surface area contributed by atoms with E-state index in [1.54, 1.807) is 6.92 Å². The SMILES string of the molecule is Cc1c(CCN)c(F)cn2c(=O)c(C(=O)O)cc(C3CC3)c12.Cl. The summed E-state index contributed by atoms with van der Waals surface area (Å²) in [5.74, 6) is -1.57. The second-order valence-electron chi connectivity index (χ2n) is 5.74. The molecule has 124 valence electrons. The van der Waals surface area contributed by atoms with Gasteiger partial charge in [0.15, 0.2) is 0 Å². The van der Waals surface area contributed by atoms with Gasteiger partial charge < -0.3 is 10.8 Å². The first-order valence-corrected chi connectivity index (χ1v) is 7.26. The third-order valence-electron chi connectivity index (χ3n) is 4.24. The molecule has 5 nitrogen and oxygen atoms in total. The number of hydrogen-bond acceptors (Lipinski definition) is 3. The predicted molar refractivity (Wildman–Crippen MR) is 87.3 cm³/mol. The number of rotatable bonds is 4. The maximum atomic E-state index is 14.3. The van der Waals surface area contributed by atoms with Crippen molar-refractivity contribution in [2.45, 2.75) is 32.1 Å². The number of aryl methyl sites for hydroxylation is 1. The molecular formula is C16H18ClFN2O3. The molecule has 2 aromatic rings. The van der Waals surface area contributed by atoms with Crippen molar-refractivity contribution in [3.63, 3.8) is 0 Å². The number of hydrogen-bond donors (Lipinski definition) is 2. The minimum Gasteiger partial charge on any atom is -0.477 e. The Labute approximate surface area is 138 Å². The lowest BCUT2D eigenvalue weighted by Gasteiger charge is -2.15. The normalized spacial score (nSPS) is 13.9. The van der Waals surface area contributed by atoms with Crippen molar-refractivity contribution >= 4 is 23.9 Å². The first kappa shape index (κ1) is 17.4. The number of nitrogens with zero attached hydrogens (tertiary/aromatic N) is 1. The Hall–Kier alpha value is -1.92. The van der Waals surface area contributed by atoms with Gasteiger partial charge in [-0.2, -0.15) is 0 Å². The molecule has 0 aromatic carbocycles. The zero-order valence-electron chi connectivity index (χ0n) is 12.6. The number of carboxylic acids is 1. The third-order valence-corrected chi connectivity index (χ3v) is 4.24. The van der Waals surface area contributed by atoms with Gasteiger partial charge in [0.25, 0.3) is 5.56 Å². The Morgan fingerprint density at radius 3 is 2.65 bits per heavy atom. The summed E-state index contributed by atoms with van der Waals surface area (Å²) in [6.07, 6.45) is 3.38. The van der Waals surface area contributed by atoms with E-state index in [2.05, 4.69) is 0 Å². The van der Waals surface area contributed by atoms with Gasteiger partial charge in [0.2, 0.25) is 0 Å². The highest BCUT2D eigenvalue weighted by molar-refractivity contribution is 5.88. The molecule has 2 aromatic heterocycles. The van der Waals surface area contributed by atoms with E-state index >= 15 is 0 Å². The summed E-state index contributed by atoms with van der Waals surface area (Å²) in [4.78, 5) is 23.6. The van der Waals surface area contributed by atoms with Crippen LogP contribution in [-0.2, 0) is 6.42 Å². The van der Waals surface area contributed by atoms with Crippen molar-refractivity contribution in [3.8, 4) is 0 Å². The maximum absolute atomic E-state index is 14.3. The van der Waals surface area contributed by atoms with Gasteiger partial charge in [0.05, 0.1) is 5.52 Å². The Kier molecular flexibility index (Phi) is 4.77. The summed E-state index contributed by atoms with van der Waals surface area (Å²) in [5.41, 5.74) is 7.12. The van der Waals surface area contributed by atoms with Gasteiger partial charge in [-0.1, -0.05) is 0 Å². The van der Waals surface area contributed by atoms with Gasteiger partial charge in [0, 0.05) is 6.20 Å². The summed E-state index contributed by atoms with van der Waals surface area (Å²) in [6, 6.07) is 1.45. The topological polar surface area (TPSA) is 84.8 Å². The van der Waals surface area contributed by atoms with Gasteiger partial charge in [-0.05, 0) is 61.4 Å². The van der Waals surface area contributed by atoms with Crippen LogP contribution in [-0.4, -0.2) is 22.0 Å². The Morgan fingerprint density at radius 2 is 2.13 bits per heavy atom. The van der Waals surface area contributed by atoms with Gasteiger partial charge in [-0.15, -0.1) is 12.4 Å². The minimum absolute atomic E-state index is 0. The van der Waals surface area contributed by atoms with Gasteiger partial charge in [0.1, 0.15) is 11.4 Å². The molecule has 0 unspecified atom stereocenters. The lowest BCUT2D eigenvalue weighted by Crippen LogP contribution is -2.24. The number of pyridine rings is 2. The van der Waals surface area contributed by atoms with Gasteiger partial charge in [-0.25, -0.2) is 9.18 Å². The van der Waals surface area contributed by atoms with E-state index < -0.39 is 17.3 Å². The standard InChI is InChI=1S/C16H17FN2O3.ClH/c1-8-10(4-5-18)13(17)7-19-14(8)11(9-2-3-9)6-12(15(19)20)16(21)22;/h6-7,9H,2-5,18H2,1H3,(H,21,22);1H. The third kappa shape index (κ3) is 2.84. The second kappa shape index (κ2) is 6.29. The van der Waals surface area contributed by atoms with Crippen LogP contribution in [0.2, 0.25) is 0 Å². The maximum Gasteiger partial charge on any atom is 0.341 e. The van der Waals surface area contributed by atoms with E-state index in [1.807, 2.05) is 0 Å². The molecule has 23 heavy (non-hydrogen) atoms. The van der Waals surface area contributed by atoms with Crippen LogP contribution in [0.15, 0.2) is 17.1 Å².